The van der Waals surface area contributed by atoms with Crippen LogP contribution in [0.25, 0.3) is 0 Å². The number of carboxylic acids is 1. The van der Waals surface area contributed by atoms with E-state index in [1.165, 1.54) is 12.8 Å². The fraction of sp³-hybridized carbons (Fsp3) is 0.800. The van der Waals surface area contributed by atoms with E-state index in [4.69, 9.17) is 0 Å². The number of aryl methyl sites for hydroxylation is 1. The third kappa shape index (κ3) is 2.57. The number of rotatable bonds is 3. The highest BCUT2D eigenvalue weighted by molar-refractivity contribution is 5.72. The monoisotopic (exact) mass is 292 g/mol. The van der Waals surface area contributed by atoms with Gasteiger partial charge in [-0.3, -0.25) is 9.47 Å². The molecule has 1 aromatic rings. The van der Waals surface area contributed by atoms with Gasteiger partial charge in [-0.15, -0.1) is 10.2 Å². The summed E-state index contributed by atoms with van der Waals surface area (Å²) in [6, 6.07) is 0.157. The summed E-state index contributed by atoms with van der Waals surface area (Å²) in [6.07, 6.45) is 5.83. The number of aliphatic carboxylic acids is 1. The molecule has 6 heteroatoms. The van der Waals surface area contributed by atoms with Gasteiger partial charge in [-0.2, -0.15) is 0 Å². The Kier molecular flexibility index (Phi) is 3.97. The molecular formula is C15H24N4O2. The van der Waals surface area contributed by atoms with Crippen molar-refractivity contribution in [1.82, 2.24) is 19.7 Å². The highest BCUT2D eigenvalue weighted by Gasteiger charge is 2.36. The van der Waals surface area contributed by atoms with E-state index < -0.39 is 12.0 Å². The number of carbonyl (C=O) groups is 1. The van der Waals surface area contributed by atoms with Gasteiger partial charge in [0, 0.05) is 12.5 Å². The average Bonchev–Trinajstić information content (AvgIpc) is 2.90. The van der Waals surface area contributed by atoms with Crippen LogP contribution < -0.4 is 0 Å². The number of hydrogen-bond acceptors (Lipinski definition) is 4. The van der Waals surface area contributed by atoms with E-state index in [1.807, 2.05) is 4.57 Å². The van der Waals surface area contributed by atoms with Gasteiger partial charge in [-0.05, 0) is 46.1 Å². The van der Waals surface area contributed by atoms with E-state index in [2.05, 4.69) is 28.9 Å². The first-order valence-electron chi connectivity index (χ1n) is 8.02. The van der Waals surface area contributed by atoms with Crippen molar-refractivity contribution in [3.8, 4) is 0 Å². The average molecular weight is 292 g/mol. The van der Waals surface area contributed by atoms with Gasteiger partial charge in [0.1, 0.15) is 11.9 Å². The Bertz CT molecular complexity index is 526. The van der Waals surface area contributed by atoms with Crippen LogP contribution in [0, 0.1) is 0 Å². The predicted octanol–water partition coefficient (Wildman–Crippen LogP) is 2.18. The van der Waals surface area contributed by atoms with Crippen LogP contribution in [0.4, 0.5) is 0 Å². The molecule has 1 saturated heterocycles. The number of fused-ring (bicyclic) bond motifs is 1. The number of likely N-dealkylation sites (tertiary alicyclic amines) is 1. The molecule has 0 amide bonds. The minimum atomic E-state index is -0.760. The van der Waals surface area contributed by atoms with Gasteiger partial charge in [-0.25, -0.2) is 4.79 Å². The number of hydrogen-bond donors (Lipinski definition) is 1. The molecule has 2 aliphatic rings. The SMILES string of the molecule is CC(C)N1CCCCC1c1nnc2n1C(C(=O)O)CCC2. The zero-order valence-electron chi connectivity index (χ0n) is 12.8. The Balaban J connectivity index is 1.99. The molecule has 0 aliphatic carbocycles. The van der Waals surface area contributed by atoms with Gasteiger partial charge < -0.3 is 5.11 Å². The summed E-state index contributed by atoms with van der Waals surface area (Å²) in [5.74, 6) is 0.951. The zero-order valence-corrected chi connectivity index (χ0v) is 12.8. The largest absolute Gasteiger partial charge is 0.480 e. The lowest BCUT2D eigenvalue weighted by Crippen LogP contribution is -2.40. The van der Waals surface area contributed by atoms with Crippen molar-refractivity contribution < 1.29 is 9.90 Å². The molecule has 1 aromatic heterocycles. The van der Waals surface area contributed by atoms with Crippen LogP contribution in [0.5, 0.6) is 0 Å². The number of nitrogens with zero attached hydrogens (tertiary/aromatic N) is 4. The van der Waals surface area contributed by atoms with E-state index in [-0.39, 0.29) is 6.04 Å². The maximum absolute atomic E-state index is 11.6. The first kappa shape index (κ1) is 14.5. The fourth-order valence-electron chi connectivity index (χ4n) is 3.74. The molecular weight excluding hydrogens is 268 g/mol. The predicted molar refractivity (Wildman–Crippen MR) is 78.1 cm³/mol. The fourth-order valence-corrected chi connectivity index (χ4v) is 3.74. The quantitative estimate of drug-likeness (QED) is 0.924. The van der Waals surface area contributed by atoms with Crippen LogP contribution >= 0.6 is 0 Å². The van der Waals surface area contributed by atoms with Gasteiger partial charge in [-0.1, -0.05) is 6.42 Å². The summed E-state index contributed by atoms with van der Waals surface area (Å²) in [5.41, 5.74) is 0. The summed E-state index contributed by atoms with van der Waals surface area (Å²) in [6.45, 7) is 5.45. The molecule has 3 heterocycles. The lowest BCUT2D eigenvalue weighted by atomic mass is 9.98. The molecule has 116 valence electrons. The van der Waals surface area contributed by atoms with Gasteiger partial charge >= 0.3 is 5.97 Å². The van der Waals surface area contributed by atoms with Crippen molar-refractivity contribution in [3.63, 3.8) is 0 Å². The Labute approximate surface area is 125 Å². The molecule has 0 radical (unpaired) electrons. The van der Waals surface area contributed by atoms with Crippen LogP contribution in [-0.2, 0) is 11.2 Å². The molecule has 6 nitrogen and oxygen atoms in total. The third-order valence-electron chi connectivity index (χ3n) is 4.77. The third-order valence-corrected chi connectivity index (χ3v) is 4.77. The van der Waals surface area contributed by atoms with Crippen LogP contribution in [0.3, 0.4) is 0 Å². The standard InChI is InChI=1S/C15H24N4O2/c1-10(2)18-9-4-3-6-11(18)14-17-16-13-8-5-7-12(15(20)21)19(13)14/h10-12H,3-9H2,1-2H3,(H,20,21). The molecule has 2 unspecified atom stereocenters. The van der Waals surface area contributed by atoms with Gasteiger partial charge in [0.05, 0.1) is 6.04 Å². The maximum atomic E-state index is 11.6. The molecule has 21 heavy (non-hydrogen) atoms. The molecule has 0 spiro atoms. The summed E-state index contributed by atoms with van der Waals surface area (Å²) in [5, 5.41) is 18.2. The highest BCUT2D eigenvalue weighted by Crippen LogP contribution is 2.35. The summed E-state index contributed by atoms with van der Waals surface area (Å²) in [7, 11) is 0. The van der Waals surface area contributed by atoms with Crippen LogP contribution in [-0.4, -0.2) is 43.3 Å². The Morgan fingerprint density at radius 1 is 1.24 bits per heavy atom. The number of piperidine rings is 1. The molecule has 0 aromatic carbocycles. The van der Waals surface area contributed by atoms with Gasteiger partial charge in [0.15, 0.2) is 5.82 Å². The smallest absolute Gasteiger partial charge is 0.326 e. The van der Waals surface area contributed by atoms with Gasteiger partial charge in [0.2, 0.25) is 0 Å². The van der Waals surface area contributed by atoms with E-state index in [9.17, 15) is 9.90 Å². The molecule has 2 atom stereocenters. The zero-order chi connectivity index (χ0) is 15.0. The first-order valence-corrected chi connectivity index (χ1v) is 8.02. The Morgan fingerprint density at radius 3 is 2.76 bits per heavy atom. The van der Waals surface area contributed by atoms with Crippen molar-refractivity contribution in [1.29, 1.82) is 0 Å². The first-order chi connectivity index (χ1) is 10.1. The van der Waals surface area contributed by atoms with Crippen molar-refractivity contribution in [2.45, 2.75) is 70.5 Å². The molecule has 2 aliphatic heterocycles. The van der Waals surface area contributed by atoms with Crippen LogP contribution in [0.2, 0.25) is 0 Å². The van der Waals surface area contributed by atoms with Crippen LogP contribution in [0.15, 0.2) is 0 Å². The molecule has 1 N–H and O–H groups in total. The van der Waals surface area contributed by atoms with E-state index >= 15 is 0 Å². The Morgan fingerprint density at radius 2 is 2.05 bits per heavy atom. The summed E-state index contributed by atoms with van der Waals surface area (Å²) in [4.78, 5) is 14.0. The highest BCUT2D eigenvalue weighted by atomic mass is 16.4. The number of aromatic nitrogens is 3. The maximum Gasteiger partial charge on any atom is 0.326 e. The summed E-state index contributed by atoms with van der Waals surface area (Å²) < 4.78 is 1.91. The minimum Gasteiger partial charge on any atom is -0.480 e. The van der Waals surface area contributed by atoms with Crippen LogP contribution in [0.1, 0.15) is 69.7 Å². The summed E-state index contributed by atoms with van der Waals surface area (Å²) >= 11 is 0. The second-order valence-electron chi connectivity index (χ2n) is 6.43. The van der Waals surface area contributed by atoms with E-state index in [0.29, 0.717) is 12.5 Å². The topological polar surface area (TPSA) is 71.2 Å². The minimum absolute atomic E-state index is 0.208. The van der Waals surface area contributed by atoms with Crippen molar-refractivity contribution >= 4 is 5.97 Å². The lowest BCUT2D eigenvalue weighted by molar-refractivity contribution is -0.141. The molecule has 3 rings (SSSR count). The lowest BCUT2D eigenvalue weighted by Gasteiger charge is -2.38. The second kappa shape index (κ2) is 5.75. The van der Waals surface area contributed by atoms with Crippen molar-refractivity contribution in [2.24, 2.45) is 0 Å². The number of carboxylic acid groups (broad SMARTS) is 1. The molecule has 0 bridgehead atoms. The van der Waals surface area contributed by atoms with E-state index in [1.54, 1.807) is 0 Å². The van der Waals surface area contributed by atoms with E-state index in [0.717, 1.165) is 37.5 Å². The molecule has 0 saturated carbocycles. The van der Waals surface area contributed by atoms with Crippen molar-refractivity contribution in [3.05, 3.63) is 11.6 Å². The Hall–Kier alpha value is -1.43. The second-order valence-corrected chi connectivity index (χ2v) is 6.43. The van der Waals surface area contributed by atoms with Crippen molar-refractivity contribution in [2.75, 3.05) is 6.54 Å². The molecule has 1 fully saturated rings. The normalized spacial score (nSPS) is 26.8. The van der Waals surface area contributed by atoms with Gasteiger partial charge in [0.25, 0.3) is 0 Å².